The Bertz CT molecular complexity index is 755. The van der Waals surface area contributed by atoms with Crippen molar-refractivity contribution in [2.24, 2.45) is 10.8 Å². The lowest BCUT2D eigenvalue weighted by Crippen LogP contribution is -2.36. The Hall–Kier alpha value is -2.46. The zero-order chi connectivity index (χ0) is 17.9. The molecule has 0 unspecified atom stereocenters. The fraction of sp³-hybridized carbons (Fsp3) is 0.300. The zero-order valence-electron chi connectivity index (χ0n) is 15.0. The van der Waals surface area contributed by atoms with E-state index in [9.17, 15) is 4.79 Å². The highest BCUT2D eigenvalue weighted by Gasteiger charge is 2.15. The van der Waals surface area contributed by atoms with Crippen LogP contribution in [0.1, 0.15) is 43.0 Å². The van der Waals surface area contributed by atoms with Crippen LogP contribution >= 0.6 is 0 Å². The summed E-state index contributed by atoms with van der Waals surface area (Å²) in [6.45, 7) is 10.5. The van der Waals surface area contributed by atoms with Gasteiger partial charge in [-0.25, -0.2) is 15.8 Å². The van der Waals surface area contributed by atoms with E-state index in [-0.39, 0.29) is 5.41 Å². The third-order valence-electron chi connectivity index (χ3n) is 3.95. The lowest BCUT2D eigenvalue weighted by Gasteiger charge is -2.20. The number of hydrogen-bond donors (Lipinski definition) is 1. The van der Waals surface area contributed by atoms with Crippen molar-refractivity contribution in [1.82, 2.24) is 5.01 Å². The van der Waals surface area contributed by atoms with E-state index in [0.717, 1.165) is 21.8 Å². The van der Waals surface area contributed by atoms with Gasteiger partial charge in [0.25, 0.3) is 0 Å². The van der Waals surface area contributed by atoms with Gasteiger partial charge in [0.15, 0.2) is 5.84 Å². The van der Waals surface area contributed by atoms with Crippen molar-refractivity contribution in [1.29, 1.82) is 0 Å². The molecule has 0 aliphatic carbocycles. The van der Waals surface area contributed by atoms with Crippen molar-refractivity contribution in [3.8, 4) is 0 Å². The average molecular weight is 323 g/mol. The maximum atomic E-state index is 11.2. The van der Waals surface area contributed by atoms with Crippen LogP contribution in [0.2, 0.25) is 0 Å². The molecule has 0 aliphatic rings. The normalized spacial score (nSPS) is 12.2. The first kappa shape index (κ1) is 17.9. The SMILES string of the molecule is Cc1ccc(N=C(c2ccc(C(C)(C)C)cc2)N(N)C=O)c(C)c1. The summed E-state index contributed by atoms with van der Waals surface area (Å²) in [6, 6.07) is 14.0. The second-order valence-corrected chi connectivity index (χ2v) is 7.07. The highest BCUT2D eigenvalue weighted by atomic mass is 16.1. The number of amides is 1. The van der Waals surface area contributed by atoms with Gasteiger partial charge in [-0.05, 0) is 36.5 Å². The molecular formula is C20H25N3O. The molecular weight excluding hydrogens is 298 g/mol. The zero-order valence-corrected chi connectivity index (χ0v) is 15.0. The highest BCUT2D eigenvalue weighted by molar-refractivity contribution is 6.04. The molecule has 2 aromatic rings. The van der Waals surface area contributed by atoms with Crippen molar-refractivity contribution in [3.63, 3.8) is 0 Å². The molecule has 2 N–H and O–H groups in total. The maximum absolute atomic E-state index is 11.2. The molecule has 0 bridgehead atoms. The smallest absolute Gasteiger partial charge is 0.229 e. The number of amidine groups is 1. The van der Waals surface area contributed by atoms with Gasteiger partial charge in [-0.15, -0.1) is 0 Å². The number of hydrogen-bond acceptors (Lipinski definition) is 3. The first-order valence-corrected chi connectivity index (χ1v) is 7.98. The van der Waals surface area contributed by atoms with E-state index >= 15 is 0 Å². The van der Waals surface area contributed by atoms with Gasteiger partial charge in [-0.1, -0.05) is 62.7 Å². The molecule has 0 aliphatic heterocycles. The van der Waals surface area contributed by atoms with Gasteiger partial charge in [0.1, 0.15) is 0 Å². The largest absolute Gasteiger partial charge is 0.277 e. The minimum absolute atomic E-state index is 0.0659. The van der Waals surface area contributed by atoms with Gasteiger partial charge in [0, 0.05) is 5.56 Å². The fourth-order valence-corrected chi connectivity index (χ4v) is 2.49. The number of aryl methyl sites for hydroxylation is 2. The van der Waals surface area contributed by atoms with E-state index in [2.05, 4.69) is 31.8 Å². The van der Waals surface area contributed by atoms with E-state index < -0.39 is 0 Å². The number of nitrogens with two attached hydrogens (primary N) is 1. The minimum atomic E-state index is 0.0659. The number of carbonyl (C=O) groups excluding carboxylic acids is 1. The van der Waals surface area contributed by atoms with Crippen LogP contribution in [0.5, 0.6) is 0 Å². The number of carbonyl (C=O) groups is 1. The highest BCUT2D eigenvalue weighted by Crippen LogP contribution is 2.24. The van der Waals surface area contributed by atoms with Gasteiger partial charge in [-0.2, -0.15) is 0 Å². The number of hydrazine groups is 1. The average Bonchev–Trinajstić information content (AvgIpc) is 2.53. The lowest BCUT2D eigenvalue weighted by atomic mass is 9.86. The van der Waals surface area contributed by atoms with Crippen LogP contribution in [-0.2, 0) is 10.2 Å². The van der Waals surface area contributed by atoms with Crippen LogP contribution in [0.4, 0.5) is 5.69 Å². The van der Waals surface area contributed by atoms with Gasteiger partial charge in [0.2, 0.25) is 6.41 Å². The van der Waals surface area contributed by atoms with Crippen LogP contribution < -0.4 is 5.84 Å². The molecule has 0 saturated carbocycles. The number of nitrogens with zero attached hydrogens (tertiary/aromatic N) is 2. The first-order valence-electron chi connectivity index (χ1n) is 7.98. The van der Waals surface area contributed by atoms with E-state index in [1.807, 2.05) is 50.2 Å². The van der Waals surface area contributed by atoms with Gasteiger partial charge in [0.05, 0.1) is 5.69 Å². The monoisotopic (exact) mass is 323 g/mol. The van der Waals surface area contributed by atoms with E-state index in [0.29, 0.717) is 12.2 Å². The molecule has 0 spiro atoms. The Balaban J connectivity index is 2.49. The Kier molecular flexibility index (Phi) is 5.20. The number of rotatable bonds is 3. The van der Waals surface area contributed by atoms with E-state index in [1.165, 1.54) is 11.1 Å². The van der Waals surface area contributed by atoms with Crippen LogP contribution in [0, 0.1) is 13.8 Å². The summed E-state index contributed by atoms with van der Waals surface area (Å²) in [5.74, 6) is 6.26. The van der Waals surface area contributed by atoms with Crippen LogP contribution in [0.25, 0.3) is 0 Å². The maximum Gasteiger partial charge on any atom is 0.229 e. The van der Waals surface area contributed by atoms with Crippen LogP contribution in [0.15, 0.2) is 47.5 Å². The summed E-state index contributed by atoms with van der Waals surface area (Å²) in [6.07, 6.45) is 0.569. The molecule has 2 rings (SSSR count). The molecule has 2 aromatic carbocycles. The third kappa shape index (κ3) is 4.09. The third-order valence-corrected chi connectivity index (χ3v) is 3.95. The Morgan fingerprint density at radius 3 is 2.21 bits per heavy atom. The summed E-state index contributed by atoms with van der Waals surface area (Å²) in [4.78, 5) is 15.8. The summed E-state index contributed by atoms with van der Waals surface area (Å²) in [7, 11) is 0. The van der Waals surface area contributed by atoms with E-state index in [4.69, 9.17) is 5.84 Å². The van der Waals surface area contributed by atoms with Crippen molar-refractivity contribution >= 4 is 17.9 Å². The summed E-state index contributed by atoms with van der Waals surface area (Å²) in [5, 5.41) is 1.02. The topological polar surface area (TPSA) is 58.7 Å². The van der Waals surface area contributed by atoms with E-state index in [1.54, 1.807) is 0 Å². The Labute approximate surface area is 144 Å². The number of benzene rings is 2. The first-order chi connectivity index (χ1) is 11.2. The molecule has 0 saturated heterocycles. The van der Waals surface area contributed by atoms with Crippen LogP contribution in [-0.4, -0.2) is 17.3 Å². The second kappa shape index (κ2) is 6.97. The molecule has 0 fully saturated rings. The molecule has 0 heterocycles. The molecule has 4 heteroatoms. The predicted octanol–water partition coefficient (Wildman–Crippen LogP) is 4.01. The predicted molar refractivity (Wildman–Crippen MR) is 99.3 cm³/mol. The van der Waals surface area contributed by atoms with Gasteiger partial charge in [-0.3, -0.25) is 4.79 Å². The van der Waals surface area contributed by atoms with Crippen LogP contribution in [0.3, 0.4) is 0 Å². The molecule has 24 heavy (non-hydrogen) atoms. The van der Waals surface area contributed by atoms with Gasteiger partial charge >= 0.3 is 0 Å². The second-order valence-electron chi connectivity index (χ2n) is 7.07. The molecule has 0 aromatic heterocycles. The molecule has 0 atom stereocenters. The van der Waals surface area contributed by atoms with Crippen molar-refractivity contribution < 1.29 is 4.79 Å². The molecule has 1 amide bonds. The standard InChI is InChI=1S/C20H25N3O/c1-14-6-11-18(15(2)12-14)22-19(23(21)13-24)16-7-9-17(10-8-16)20(3,4)5/h6-13H,21H2,1-5H3. The molecule has 0 radical (unpaired) electrons. The van der Waals surface area contributed by atoms with Crippen molar-refractivity contribution in [3.05, 3.63) is 64.7 Å². The van der Waals surface area contributed by atoms with Gasteiger partial charge < -0.3 is 0 Å². The minimum Gasteiger partial charge on any atom is -0.277 e. The van der Waals surface area contributed by atoms with Crippen molar-refractivity contribution in [2.75, 3.05) is 0 Å². The summed E-state index contributed by atoms with van der Waals surface area (Å²) >= 11 is 0. The Morgan fingerprint density at radius 2 is 1.71 bits per heavy atom. The lowest BCUT2D eigenvalue weighted by molar-refractivity contribution is -0.115. The number of aliphatic imine (C=N–C) groups is 1. The fourth-order valence-electron chi connectivity index (χ4n) is 2.49. The molecule has 126 valence electrons. The summed E-state index contributed by atoms with van der Waals surface area (Å²) < 4.78 is 0. The quantitative estimate of drug-likeness (QED) is 0.232. The Morgan fingerprint density at radius 1 is 1.08 bits per heavy atom. The molecule has 4 nitrogen and oxygen atoms in total. The summed E-state index contributed by atoms with van der Waals surface area (Å²) in [5.41, 5.74) is 5.09. The van der Waals surface area contributed by atoms with Crippen molar-refractivity contribution in [2.45, 2.75) is 40.0 Å².